The molecule has 0 radical (unpaired) electrons. The maximum atomic E-state index is 12.0. The standard InChI is InChI=1S/C15H12O6/c1-19-11-7-8-12(21-15(17)18)13(9-11)20-14(16)10-5-3-2-4-6-10/h2-9H,1H3,(H,17,18). The minimum atomic E-state index is -1.50. The number of ether oxygens (including phenoxy) is 3. The molecular weight excluding hydrogens is 276 g/mol. The van der Waals surface area contributed by atoms with Crippen molar-refractivity contribution in [3.05, 3.63) is 54.1 Å². The number of carboxylic acid groups (broad SMARTS) is 1. The number of hydrogen-bond acceptors (Lipinski definition) is 5. The van der Waals surface area contributed by atoms with Crippen molar-refractivity contribution in [2.45, 2.75) is 0 Å². The van der Waals surface area contributed by atoms with Gasteiger partial charge in [-0.2, -0.15) is 0 Å². The van der Waals surface area contributed by atoms with Crippen molar-refractivity contribution in [2.24, 2.45) is 0 Å². The first-order valence-corrected chi connectivity index (χ1v) is 5.96. The van der Waals surface area contributed by atoms with E-state index in [1.54, 1.807) is 30.3 Å². The first-order valence-electron chi connectivity index (χ1n) is 5.96. The molecule has 0 spiro atoms. The summed E-state index contributed by atoms with van der Waals surface area (Å²) in [5.74, 6) is -0.346. The molecule has 0 atom stereocenters. The van der Waals surface area contributed by atoms with Gasteiger partial charge in [-0.05, 0) is 24.3 Å². The van der Waals surface area contributed by atoms with Crippen LogP contribution >= 0.6 is 0 Å². The normalized spacial score (nSPS) is 9.76. The molecule has 0 aliphatic heterocycles. The molecule has 0 aliphatic rings. The van der Waals surface area contributed by atoms with Crippen molar-refractivity contribution in [1.29, 1.82) is 0 Å². The number of carbonyl (C=O) groups excluding carboxylic acids is 1. The van der Waals surface area contributed by atoms with Gasteiger partial charge in [-0.1, -0.05) is 18.2 Å². The van der Waals surface area contributed by atoms with Crippen LogP contribution in [-0.4, -0.2) is 24.3 Å². The van der Waals surface area contributed by atoms with Gasteiger partial charge in [-0.25, -0.2) is 9.59 Å². The number of hydrogen-bond donors (Lipinski definition) is 1. The summed E-state index contributed by atoms with van der Waals surface area (Å²) in [6.45, 7) is 0. The van der Waals surface area contributed by atoms with Gasteiger partial charge in [0.1, 0.15) is 5.75 Å². The fourth-order valence-electron chi connectivity index (χ4n) is 1.61. The van der Waals surface area contributed by atoms with E-state index >= 15 is 0 Å². The van der Waals surface area contributed by atoms with Gasteiger partial charge in [0.05, 0.1) is 12.7 Å². The van der Waals surface area contributed by atoms with Gasteiger partial charge in [-0.3, -0.25) is 0 Å². The van der Waals surface area contributed by atoms with Gasteiger partial charge in [-0.15, -0.1) is 0 Å². The highest BCUT2D eigenvalue weighted by atomic mass is 16.7. The molecule has 0 amide bonds. The number of benzene rings is 2. The first-order chi connectivity index (χ1) is 10.1. The van der Waals surface area contributed by atoms with Gasteiger partial charge in [0.2, 0.25) is 0 Å². The van der Waals surface area contributed by atoms with Crippen LogP contribution in [0.25, 0.3) is 0 Å². The zero-order valence-corrected chi connectivity index (χ0v) is 11.1. The number of methoxy groups -OCH3 is 1. The van der Waals surface area contributed by atoms with E-state index in [-0.39, 0.29) is 11.5 Å². The predicted molar refractivity (Wildman–Crippen MR) is 73.0 cm³/mol. The molecule has 2 aromatic carbocycles. The first kappa shape index (κ1) is 14.4. The molecule has 0 bridgehead atoms. The maximum Gasteiger partial charge on any atom is 0.511 e. The van der Waals surface area contributed by atoms with Crippen LogP contribution < -0.4 is 14.2 Å². The molecule has 0 saturated heterocycles. The lowest BCUT2D eigenvalue weighted by Gasteiger charge is -2.10. The van der Waals surface area contributed by atoms with Gasteiger partial charge >= 0.3 is 12.1 Å². The smallest absolute Gasteiger partial charge is 0.497 e. The minimum absolute atomic E-state index is 0.0365. The maximum absolute atomic E-state index is 12.0. The average Bonchev–Trinajstić information content (AvgIpc) is 2.49. The summed E-state index contributed by atoms with van der Waals surface area (Å²) in [5, 5.41) is 8.68. The lowest BCUT2D eigenvalue weighted by molar-refractivity contribution is 0.0725. The summed E-state index contributed by atoms with van der Waals surface area (Å²) in [6.07, 6.45) is -1.50. The highest BCUT2D eigenvalue weighted by molar-refractivity contribution is 5.91. The molecule has 1 N–H and O–H groups in total. The molecule has 108 valence electrons. The summed E-state index contributed by atoms with van der Waals surface area (Å²) in [6, 6.07) is 12.5. The van der Waals surface area contributed by atoms with Crippen LogP contribution in [0.1, 0.15) is 10.4 Å². The van der Waals surface area contributed by atoms with E-state index in [4.69, 9.17) is 14.6 Å². The lowest BCUT2D eigenvalue weighted by Crippen LogP contribution is -2.11. The Morgan fingerprint density at radius 1 is 0.952 bits per heavy atom. The van der Waals surface area contributed by atoms with Gasteiger partial charge in [0, 0.05) is 6.07 Å². The van der Waals surface area contributed by atoms with Crippen LogP contribution in [-0.2, 0) is 0 Å². The van der Waals surface area contributed by atoms with E-state index in [0.29, 0.717) is 11.3 Å². The molecule has 0 heterocycles. The van der Waals surface area contributed by atoms with Crippen molar-refractivity contribution in [2.75, 3.05) is 7.11 Å². The zero-order chi connectivity index (χ0) is 15.2. The predicted octanol–water partition coefficient (Wildman–Crippen LogP) is 2.97. The molecule has 2 aromatic rings. The molecule has 0 aliphatic carbocycles. The number of rotatable bonds is 4. The van der Waals surface area contributed by atoms with E-state index in [0.717, 1.165) is 0 Å². The Morgan fingerprint density at radius 2 is 1.67 bits per heavy atom. The molecule has 6 nitrogen and oxygen atoms in total. The van der Waals surface area contributed by atoms with E-state index in [9.17, 15) is 9.59 Å². The SMILES string of the molecule is COc1ccc(OC(=O)O)c(OC(=O)c2ccccc2)c1. The molecule has 6 heteroatoms. The van der Waals surface area contributed by atoms with Crippen LogP contribution in [0.2, 0.25) is 0 Å². The van der Waals surface area contributed by atoms with Crippen LogP contribution in [0.15, 0.2) is 48.5 Å². The average molecular weight is 288 g/mol. The summed E-state index contributed by atoms with van der Waals surface area (Å²) in [7, 11) is 1.44. The molecule has 0 saturated carbocycles. The lowest BCUT2D eigenvalue weighted by atomic mass is 10.2. The zero-order valence-electron chi connectivity index (χ0n) is 11.1. The highest BCUT2D eigenvalue weighted by Gasteiger charge is 2.15. The van der Waals surface area contributed by atoms with Crippen LogP contribution in [0, 0.1) is 0 Å². The Balaban J connectivity index is 2.28. The van der Waals surface area contributed by atoms with Crippen LogP contribution in [0.5, 0.6) is 17.2 Å². The third-order valence-corrected chi connectivity index (χ3v) is 2.56. The van der Waals surface area contributed by atoms with Crippen molar-refractivity contribution >= 4 is 12.1 Å². The number of carbonyl (C=O) groups is 2. The Kier molecular flexibility index (Phi) is 4.40. The highest BCUT2D eigenvalue weighted by Crippen LogP contribution is 2.32. The van der Waals surface area contributed by atoms with Crippen molar-refractivity contribution in [3.8, 4) is 17.2 Å². The third kappa shape index (κ3) is 3.73. The quantitative estimate of drug-likeness (QED) is 0.529. The van der Waals surface area contributed by atoms with Crippen LogP contribution in [0.4, 0.5) is 4.79 Å². The Hall–Kier alpha value is -3.02. The summed E-state index contributed by atoms with van der Waals surface area (Å²) < 4.78 is 14.7. The minimum Gasteiger partial charge on any atom is -0.497 e. The summed E-state index contributed by atoms with van der Waals surface area (Å²) in [4.78, 5) is 22.6. The molecule has 2 rings (SSSR count). The second-order valence-corrected chi connectivity index (χ2v) is 3.94. The third-order valence-electron chi connectivity index (χ3n) is 2.56. The van der Waals surface area contributed by atoms with Gasteiger partial charge in [0.25, 0.3) is 0 Å². The van der Waals surface area contributed by atoms with Crippen molar-refractivity contribution in [1.82, 2.24) is 0 Å². The largest absolute Gasteiger partial charge is 0.511 e. The second kappa shape index (κ2) is 6.42. The molecular formula is C15H12O6. The van der Waals surface area contributed by atoms with Gasteiger partial charge in [0.15, 0.2) is 11.5 Å². The monoisotopic (exact) mass is 288 g/mol. The van der Waals surface area contributed by atoms with Crippen LogP contribution in [0.3, 0.4) is 0 Å². The topological polar surface area (TPSA) is 82.1 Å². The molecule has 21 heavy (non-hydrogen) atoms. The molecule has 0 fully saturated rings. The molecule has 0 unspecified atom stereocenters. The van der Waals surface area contributed by atoms with E-state index in [1.807, 2.05) is 0 Å². The fraction of sp³-hybridized carbons (Fsp3) is 0.0667. The van der Waals surface area contributed by atoms with Crippen molar-refractivity contribution < 1.29 is 28.9 Å². The van der Waals surface area contributed by atoms with Gasteiger partial charge < -0.3 is 19.3 Å². The van der Waals surface area contributed by atoms with E-state index in [2.05, 4.69) is 4.74 Å². The second-order valence-electron chi connectivity index (χ2n) is 3.94. The Bertz CT molecular complexity index is 650. The van der Waals surface area contributed by atoms with E-state index in [1.165, 1.54) is 25.3 Å². The summed E-state index contributed by atoms with van der Waals surface area (Å²) in [5.41, 5.74) is 0.335. The Morgan fingerprint density at radius 3 is 2.29 bits per heavy atom. The van der Waals surface area contributed by atoms with E-state index < -0.39 is 12.1 Å². The summed E-state index contributed by atoms with van der Waals surface area (Å²) >= 11 is 0. The molecule has 0 aromatic heterocycles. The number of esters is 1. The fourth-order valence-corrected chi connectivity index (χ4v) is 1.61. The Labute approximate surface area is 120 Å². The van der Waals surface area contributed by atoms with Crippen molar-refractivity contribution in [3.63, 3.8) is 0 Å².